The number of thioether (sulfide) groups is 1. The van der Waals surface area contributed by atoms with Crippen molar-refractivity contribution in [3.8, 4) is 22.6 Å². The van der Waals surface area contributed by atoms with Gasteiger partial charge in [-0.2, -0.15) is 18.3 Å². The van der Waals surface area contributed by atoms with Crippen LogP contribution in [0, 0.1) is 0 Å². The van der Waals surface area contributed by atoms with Crippen molar-refractivity contribution in [2.24, 2.45) is 5.14 Å². The average molecular weight is 589 g/mol. The van der Waals surface area contributed by atoms with Gasteiger partial charge in [-0.1, -0.05) is 30.3 Å². The van der Waals surface area contributed by atoms with Crippen molar-refractivity contribution in [2.75, 3.05) is 24.8 Å². The van der Waals surface area contributed by atoms with Gasteiger partial charge in [0, 0.05) is 28.8 Å². The third-order valence-electron chi connectivity index (χ3n) is 6.58. The molecule has 3 aromatic carbocycles. The minimum atomic E-state index is -4.88. The Balaban J connectivity index is 1.62. The Hall–Kier alpha value is -3.81. The Morgan fingerprint density at radius 1 is 1.05 bits per heavy atom. The molecule has 13 heteroatoms. The standard InChI is InChI=1S/C27H23F3N4O4S2/c1-38-18-11-12-21(23(15-18)40(31,36)37)34-24-20(25(32-34)27(28,29)30)13-14-33(26(24)35)17-9-7-16(8-10-17)19-5-3-4-6-22(19)39-2/h3-12,15H,13-14H2,1-2H3,(H2,31,36,37). The summed E-state index contributed by atoms with van der Waals surface area (Å²) in [5.41, 5.74) is 0.158. The van der Waals surface area contributed by atoms with Gasteiger partial charge < -0.3 is 9.64 Å². The predicted molar refractivity (Wildman–Crippen MR) is 146 cm³/mol. The Kier molecular flexibility index (Phi) is 7.15. The van der Waals surface area contributed by atoms with Gasteiger partial charge >= 0.3 is 6.18 Å². The lowest BCUT2D eigenvalue weighted by molar-refractivity contribution is -0.141. The second-order valence-electron chi connectivity index (χ2n) is 8.92. The Bertz CT molecular complexity index is 1720. The number of halogens is 3. The van der Waals surface area contributed by atoms with E-state index in [9.17, 15) is 26.4 Å². The SMILES string of the molecule is COc1ccc(-n2nc(C(F)(F)F)c3c2C(=O)N(c2ccc(-c4ccccc4SC)cc2)CC3)c(S(N)(=O)=O)c1. The number of fused-ring (bicyclic) bond motifs is 1. The number of methoxy groups -OCH3 is 1. The zero-order valence-electron chi connectivity index (χ0n) is 21.3. The van der Waals surface area contributed by atoms with E-state index in [-0.39, 0.29) is 35.7 Å². The summed E-state index contributed by atoms with van der Waals surface area (Å²) in [5.74, 6) is -0.640. The first-order valence-corrected chi connectivity index (χ1v) is 14.7. The number of carbonyl (C=O) groups excluding carboxylic acids is 1. The second-order valence-corrected chi connectivity index (χ2v) is 11.3. The van der Waals surface area contributed by atoms with Crippen LogP contribution in [-0.4, -0.2) is 44.0 Å². The van der Waals surface area contributed by atoms with Crippen molar-refractivity contribution in [1.82, 2.24) is 9.78 Å². The van der Waals surface area contributed by atoms with E-state index >= 15 is 0 Å². The van der Waals surface area contributed by atoms with Crippen LogP contribution in [0.3, 0.4) is 0 Å². The number of primary sulfonamides is 1. The molecule has 1 aliphatic rings. The highest BCUT2D eigenvalue weighted by Crippen LogP contribution is 2.39. The molecule has 0 spiro atoms. The van der Waals surface area contributed by atoms with Crippen molar-refractivity contribution in [3.05, 3.63) is 83.7 Å². The summed E-state index contributed by atoms with van der Waals surface area (Å²) in [6, 6.07) is 18.6. The van der Waals surface area contributed by atoms with Crippen LogP contribution in [0.1, 0.15) is 21.7 Å². The first-order chi connectivity index (χ1) is 18.9. The minimum absolute atomic E-state index is 0.0218. The van der Waals surface area contributed by atoms with E-state index in [2.05, 4.69) is 5.10 Å². The fourth-order valence-corrected chi connectivity index (χ4v) is 6.08. The Labute approximate surface area is 232 Å². The number of alkyl halides is 3. The normalized spacial score (nSPS) is 13.8. The average Bonchev–Trinajstić information content (AvgIpc) is 3.34. The summed E-state index contributed by atoms with van der Waals surface area (Å²) < 4.78 is 72.6. The molecule has 2 heterocycles. The van der Waals surface area contributed by atoms with E-state index in [1.54, 1.807) is 23.9 Å². The fourth-order valence-electron chi connectivity index (χ4n) is 4.74. The van der Waals surface area contributed by atoms with Gasteiger partial charge in [-0.3, -0.25) is 4.79 Å². The van der Waals surface area contributed by atoms with Crippen LogP contribution in [0.5, 0.6) is 5.75 Å². The number of carbonyl (C=O) groups is 1. The highest BCUT2D eigenvalue weighted by atomic mass is 32.2. The zero-order valence-corrected chi connectivity index (χ0v) is 22.9. The van der Waals surface area contributed by atoms with E-state index in [4.69, 9.17) is 9.88 Å². The summed E-state index contributed by atoms with van der Waals surface area (Å²) in [4.78, 5) is 15.7. The third kappa shape index (κ3) is 4.95. The lowest BCUT2D eigenvalue weighted by Crippen LogP contribution is -2.39. The molecular formula is C27H23F3N4O4S2. The molecule has 2 N–H and O–H groups in total. The van der Waals surface area contributed by atoms with E-state index in [0.29, 0.717) is 5.69 Å². The number of rotatable bonds is 6. The topological polar surface area (TPSA) is 108 Å². The van der Waals surface area contributed by atoms with Crippen molar-refractivity contribution in [2.45, 2.75) is 22.4 Å². The van der Waals surface area contributed by atoms with Gasteiger partial charge in [-0.15, -0.1) is 11.8 Å². The molecule has 0 saturated carbocycles. The van der Waals surface area contributed by atoms with Crippen molar-refractivity contribution in [3.63, 3.8) is 0 Å². The number of benzene rings is 3. The number of sulfonamides is 1. The molecule has 0 aliphatic carbocycles. The monoisotopic (exact) mass is 588 g/mol. The summed E-state index contributed by atoms with van der Waals surface area (Å²) in [5, 5.41) is 9.07. The smallest absolute Gasteiger partial charge is 0.435 e. The fraction of sp³-hybridized carbons (Fsp3) is 0.185. The summed E-state index contributed by atoms with van der Waals surface area (Å²) in [6.07, 6.45) is -3.05. The van der Waals surface area contributed by atoms with Crippen LogP contribution in [0.2, 0.25) is 0 Å². The zero-order chi connectivity index (χ0) is 28.8. The number of ether oxygens (including phenoxy) is 1. The molecule has 5 rings (SSSR count). The number of amides is 1. The predicted octanol–water partition coefficient (Wildman–Crippen LogP) is 5.14. The number of anilines is 1. The first kappa shape index (κ1) is 27.7. The van der Waals surface area contributed by atoms with Crippen LogP contribution in [0.25, 0.3) is 16.8 Å². The van der Waals surface area contributed by atoms with Gasteiger partial charge in [-0.05, 0) is 54.1 Å². The van der Waals surface area contributed by atoms with Crippen LogP contribution in [0.4, 0.5) is 18.9 Å². The van der Waals surface area contributed by atoms with E-state index in [1.807, 2.05) is 42.7 Å². The maximum atomic E-state index is 14.0. The van der Waals surface area contributed by atoms with Gasteiger partial charge in [0.05, 0.1) is 12.8 Å². The largest absolute Gasteiger partial charge is 0.497 e. The van der Waals surface area contributed by atoms with Gasteiger partial charge in [0.2, 0.25) is 10.0 Å². The molecule has 0 atom stereocenters. The Morgan fingerprint density at radius 2 is 1.75 bits per heavy atom. The van der Waals surface area contributed by atoms with E-state index in [1.165, 1.54) is 24.1 Å². The highest BCUT2D eigenvalue weighted by molar-refractivity contribution is 7.98. The van der Waals surface area contributed by atoms with Crippen molar-refractivity contribution in [1.29, 1.82) is 0 Å². The molecule has 1 aliphatic heterocycles. The molecule has 0 bridgehead atoms. The van der Waals surface area contributed by atoms with E-state index in [0.717, 1.165) is 26.8 Å². The van der Waals surface area contributed by atoms with Gasteiger partial charge in [-0.25, -0.2) is 18.2 Å². The molecule has 4 aromatic rings. The van der Waals surface area contributed by atoms with Crippen LogP contribution in [0.15, 0.2) is 76.5 Å². The summed E-state index contributed by atoms with van der Waals surface area (Å²) >= 11 is 1.60. The van der Waals surface area contributed by atoms with Crippen molar-refractivity contribution >= 4 is 33.4 Å². The van der Waals surface area contributed by atoms with Gasteiger partial charge in [0.1, 0.15) is 16.3 Å². The summed E-state index contributed by atoms with van der Waals surface area (Å²) in [6.45, 7) is -0.0218. The molecule has 0 unspecified atom stereocenters. The molecule has 1 aromatic heterocycles. The maximum absolute atomic E-state index is 14.0. The summed E-state index contributed by atoms with van der Waals surface area (Å²) in [7, 11) is -3.14. The molecular weight excluding hydrogens is 565 g/mol. The number of hydrogen-bond donors (Lipinski definition) is 1. The highest BCUT2D eigenvalue weighted by Gasteiger charge is 2.44. The van der Waals surface area contributed by atoms with Crippen LogP contribution >= 0.6 is 11.8 Å². The number of nitrogens with zero attached hydrogens (tertiary/aromatic N) is 3. The minimum Gasteiger partial charge on any atom is -0.497 e. The molecule has 1 amide bonds. The molecule has 40 heavy (non-hydrogen) atoms. The number of hydrogen-bond acceptors (Lipinski definition) is 6. The Morgan fingerprint density at radius 3 is 2.38 bits per heavy atom. The molecule has 0 radical (unpaired) electrons. The van der Waals surface area contributed by atoms with Crippen LogP contribution in [-0.2, 0) is 22.6 Å². The molecule has 0 fully saturated rings. The molecule has 8 nitrogen and oxygen atoms in total. The number of aromatic nitrogens is 2. The second kappa shape index (κ2) is 10.3. The van der Waals surface area contributed by atoms with Gasteiger partial charge in [0.25, 0.3) is 5.91 Å². The first-order valence-electron chi connectivity index (χ1n) is 11.9. The molecule has 208 valence electrons. The van der Waals surface area contributed by atoms with Gasteiger partial charge in [0.15, 0.2) is 5.69 Å². The lowest BCUT2D eigenvalue weighted by Gasteiger charge is -2.28. The quantitative estimate of drug-likeness (QED) is 0.313. The third-order valence-corrected chi connectivity index (χ3v) is 8.32. The maximum Gasteiger partial charge on any atom is 0.435 e. The molecule has 0 saturated heterocycles. The number of nitrogens with two attached hydrogens (primary N) is 1. The van der Waals surface area contributed by atoms with Crippen LogP contribution < -0.4 is 14.8 Å². The van der Waals surface area contributed by atoms with Crippen molar-refractivity contribution < 1.29 is 31.1 Å². The lowest BCUT2D eigenvalue weighted by atomic mass is 10.0. The van der Waals surface area contributed by atoms with E-state index < -0.39 is 32.7 Å².